The SMILES string of the molecule is CCC(=O)OC(OC=C(C)C)C1CCCO1. The van der Waals surface area contributed by atoms with Gasteiger partial charge in [0.05, 0.1) is 6.26 Å². The number of allylic oxidation sites excluding steroid dienone is 1. The van der Waals surface area contributed by atoms with Crippen molar-refractivity contribution in [2.24, 2.45) is 0 Å². The van der Waals surface area contributed by atoms with Crippen LogP contribution in [0.2, 0.25) is 0 Å². The Morgan fingerprint density at radius 2 is 2.31 bits per heavy atom. The molecule has 1 rings (SSSR count). The van der Waals surface area contributed by atoms with Crippen molar-refractivity contribution < 1.29 is 19.0 Å². The summed E-state index contributed by atoms with van der Waals surface area (Å²) in [6, 6.07) is 0. The van der Waals surface area contributed by atoms with Crippen LogP contribution in [0.1, 0.15) is 40.0 Å². The van der Waals surface area contributed by atoms with Gasteiger partial charge in [0, 0.05) is 13.0 Å². The van der Waals surface area contributed by atoms with Gasteiger partial charge in [0.25, 0.3) is 6.29 Å². The van der Waals surface area contributed by atoms with E-state index in [1.165, 1.54) is 0 Å². The van der Waals surface area contributed by atoms with Crippen molar-refractivity contribution in [3.8, 4) is 0 Å². The van der Waals surface area contributed by atoms with E-state index in [2.05, 4.69) is 0 Å². The van der Waals surface area contributed by atoms with Crippen LogP contribution in [0, 0.1) is 0 Å². The first-order chi connectivity index (χ1) is 7.63. The second kappa shape index (κ2) is 6.53. The lowest BCUT2D eigenvalue weighted by atomic mass is 10.2. The van der Waals surface area contributed by atoms with E-state index in [4.69, 9.17) is 14.2 Å². The average Bonchev–Trinajstić information content (AvgIpc) is 2.76. The Morgan fingerprint density at radius 1 is 1.56 bits per heavy atom. The van der Waals surface area contributed by atoms with E-state index in [0.717, 1.165) is 18.4 Å². The molecule has 2 unspecified atom stereocenters. The number of carbonyl (C=O) groups is 1. The minimum Gasteiger partial charge on any atom is -0.460 e. The second-order valence-electron chi connectivity index (χ2n) is 4.09. The van der Waals surface area contributed by atoms with Gasteiger partial charge in [-0.15, -0.1) is 0 Å². The summed E-state index contributed by atoms with van der Waals surface area (Å²) in [5.41, 5.74) is 1.02. The Bertz CT molecular complexity index is 250. The Balaban J connectivity index is 2.53. The minimum absolute atomic E-state index is 0.133. The molecule has 92 valence electrons. The summed E-state index contributed by atoms with van der Waals surface area (Å²) in [7, 11) is 0. The van der Waals surface area contributed by atoms with Crippen LogP contribution in [0.5, 0.6) is 0 Å². The molecule has 0 bridgehead atoms. The average molecular weight is 228 g/mol. The Hall–Kier alpha value is -1.03. The van der Waals surface area contributed by atoms with Crippen molar-refractivity contribution in [3.05, 3.63) is 11.8 Å². The van der Waals surface area contributed by atoms with Crippen LogP contribution in [0.4, 0.5) is 0 Å². The third-order valence-corrected chi connectivity index (χ3v) is 2.24. The summed E-state index contributed by atoms with van der Waals surface area (Å²) in [5, 5.41) is 0. The predicted molar refractivity (Wildman–Crippen MR) is 59.7 cm³/mol. The largest absolute Gasteiger partial charge is 0.460 e. The molecule has 0 aromatic heterocycles. The Kier molecular flexibility index (Phi) is 5.32. The van der Waals surface area contributed by atoms with Gasteiger partial charge in [0.1, 0.15) is 6.10 Å². The molecule has 0 N–H and O–H groups in total. The molecule has 0 aromatic carbocycles. The molecule has 0 aliphatic carbocycles. The van der Waals surface area contributed by atoms with Gasteiger partial charge in [-0.3, -0.25) is 4.79 Å². The van der Waals surface area contributed by atoms with Crippen LogP contribution in [0.25, 0.3) is 0 Å². The first-order valence-corrected chi connectivity index (χ1v) is 5.73. The van der Waals surface area contributed by atoms with Gasteiger partial charge >= 0.3 is 5.97 Å². The van der Waals surface area contributed by atoms with E-state index in [9.17, 15) is 4.79 Å². The highest BCUT2D eigenvalue weighted by Gasteiger charge is 2.29. The van der Waals surface area contributed by atoms with Crippen molar-refractivity contribution in [3.63, 3.8) is 0 Å². The van der Waals surface area contributed by atoms with Crippen LogP contribution in [0.3, 0.4) is 0 Å². The first-order valence-electron chi connectivity index (χ1n) is 5.73. The molecule has 16 heavy (non-hydrogen) atoms. The number of esters is 1. The molecule has 0 saturated carbocycles. The van der Waals surface area contributed by atoms with Gasteiger partial charge in [-0.2, -0.15) is 0 Å². The van der Waals surface area contributed by atoms with E-state index < -0.39 is 6.29 Å². The molecule has 1 saturated heterocycles. The topological polar surface area (TPSA) is 44.8 Å². The summed E-state index contributed by atoms with van der Waals surface area (Å²) in [6.45, 7) is 6.32. The van der Waals surface area contributed by atoms with Gasteiger partial charge < -0.3 is 14.2 Å². The van der Waals surface area contributed by atoms with Crippen molar-refractivity contribution in [2.45, 2.75) is 52.4 Å². The predicted octanol–water partition coefficient (Wildman–Crippen LogP) is 2.39. The number of carbonyl (C=O) groups excluding carboxylic acids is 1. The summed E-state index contributed by atoms with van der Waals surface area (Å²) in [6.07, 6.45) is 3.08. The molecule has 1 fully saturated rings. The summed E-state index contributed by atoms with van der Waals surface area (Å²) >= 11 is 0. The number of hydrogen-bond acceptors (Lipinski definition) is 4. The van der Waals surface area contributed by atoms with Crippen LogP contribution in [-0.2, 0) is 19.0 Å². The fraction of sp³-hybridized carbons (Fsp3) is 0.750. The molecule has 2 atom stereocenters. The molecule has 1 aliphatic rings. The van der Waals surface area contributed by atoms with E-state index in [-0.39, 0.29) is 12.1 Å². The van der Waals surface area contributed by atoms with Gasteiger partial charge in [-0.05, 0) is 32.3 Å². The summed E-state index contributed by atoms with van der Waals surface area (Å²) in [5.74, 6) is -0.261. The maximum absolute atomic E-state index is 11.2. The standard InChI is InChI=1S/C12H20O4/c1-4-11(13)16-12(15-8-9(2)3)10-6-5-7-14-10/h8,10,12H,4-7H2,1-3H3. The summed E-state index contributed by atoms with van der Waals surface area (Å²) < 4.78 is 16.1. The van der Waals surface area contributed by atoms with E-state index in [1.54, 1.807) is 13.2 Å². The quantitative estimate of drug-likeness (QED) is 0.412. The third-order valence-electron chi connectivity index (χ3n) is 2.24. The zero-order chi connectivity index (χ0) is 12.0. The fourth-order valence-electron chi connectivity index (χ4n) is 1.42. The van der Waals surface area contributed by atoms with E-state index >= 15 is 0 Å². The summed E-state index contributed by atoms with van der Waals surface area (Å²) in [4.78, 5) is 11.2. The zero-order valence-electron chi connectivity index (χ0n) is 10.2. The molecule has 1 aliphatic heterocycles. The Labute approximate surface area is 96.6 Å². The zero-order valence-corrected chi connectivity index (χ0v) is 10.2. The normalized spacial score (nSPS) is 21.3. The van der Waals surface area contributed by atoms with Crippen LogP contribution in [-0.4, -0.2) is 25.0 Å². The molecule has 0 aromatic rings. The smallest absolute Gasteiger partial charge is 0.308 e. The minimum atomic E-state index is -0.607. The number of hydrogen-bond donors (Lipinski definition) is 0. The fourth-order valence-corrected chi connectivity index (χ4v) is 1.42. The molecule has 0 amide bonds. The van der Waals surface area contributed by atoms with Crippen LogP contribution in [0.15, 0.2) is 11.8 Å². The van der Waals surface area contributed by atoms with Crippen LogP contribution >= 0.6 is 0 Å². The maximum Gasteiger partial charge on any atom is 0.308 e. The molecule has 4 nitrogen and oxygen atoms in total. The lowest BCUT2D eigenvalue weighted by Crippen LogP contribution is -2.32. The molecular weight excluding hydrogens is 208 g/mol. The third kappa shape index (κ3) is 4.23. The monoisotopic (exact) mass is 228 g/mol. The lowest BCUT2D eigenvalue weighted by molar-refractivity contribution is -0.189. The molecule has 0 spiro atoms. The molecule has 0 radical (unpaired) electrons. The Morgan fingerprint density at radius 3 is 2.81 bits per heavy atom. The van der Waals surface area contributed by atoms with Gasteiger partial charge in [-0.25, -0.2) is 0 Å². The van der Waals surface area contributed by atoms with Crippen LogP contribution < -0.4 is 0 Å². The van der Waals surface area contributed by atoms with E-state index in [1.807, 2.05) is 13.8 Å². The van der Waals surface area contributed by atoms with E-state index in [0.29, 0.717) is 13.0 Å². The number of ether oxygens (including phenoxy) is 3. The van der Waals surface area contributed by atoms with Gasteiger partial charge in [0.2, 0.25) is 0 Å². The molecular formula is C12H20O4. The van der Waals surface area contributed by atoms with Crippen molar-refractivity contribution in [2.75, 3.05) is 6.61 Å². The van der Waals surface area contributed by atoms with Crippen molar-refractivity contribution in [1.82, 2.24) is 0 Å². The second-order valence-corrected chi connectivity index (χ2v) is 4.09. The molecule has 4 heteroatoms. The lowest BCUT2D eigenvalue weighted by Gasteiger charge is -2.22. The highest BCUT2D eigenvalue weighted by Crippen LogP contribution is 2.19. The first kappa shape index (κ1) is 13.0. The van der Waals surface area contributed by atoms with Gasteiger partial charge in [-0.1, -0.05) is 6.92 Å². The van der Waals surface area contributed by atoms with Crippen molar-refractivity contribution in [1.29, 1.82) is 0 Å². The maximum atomic E-state index is 11.2. The molecule has 1 heterocycles. The van der Waals surface area contributed by atoms with Gasteiger partial charge in [0.15, 0.2) is 0 Å². The van der Waals surface area contributed by atoms with Crippen molar-refractivity contribution >= 4 is 5.97 Å². The highest BCUT2D eigenvalue weighted by atomic mass is 16.7. The number of rotatable bonds is 5. The highest BCUT2D eigenvalue weighted by molar-refractivity contribution is 5.69.